The first kappa shape index (κ1) is 17.5. The smallest absolute Gasteiger partial charge is 0.337 e. The monoisotopic (exact) mass is 327 g/mol. The topological polar surface area (TPSA) is 64.6 Å². The van der Waals surface area contributed by atoms with Gasteiger partial charge in [0.15, 0.2) is 0 Å². The van der Waals surface area contributed by atoms with Crippen LogP contribution in [0.3, 0.4) is 0 Å². The van der Waals surface area contributed by atoms with Gasteiger partial charge in [-0.15, -0.1) is 0 Å². The molecule has 0 spiro atoms. The molecule has 0 unspecified atom stereocenters. The van der Waals surface area contributed by atoms with Gasteiger partial charge in [-0.3, -0.25) is 4.79 Å². The zero-order valence-corrected chi connectivity index (χ0v) is 14.1. The van der Waals surface area contributed by atoms with Gasteiger partial charge in [0, 0.05) is 11.3 Å². The molecule has 5 nitrogen and oxygen atoms in total. The molecule has 2 aromatic rings. The molecule has 0 radical (unpaired) electrons. The molecule has 24 heavy (non-hydrogen) atoms. The van der Waals surface area contributed by atoms with Crippen LogP contribution in [0, 0.1) is 6.92 Å². The lowest BCUT2D eigenvalue weighted by Gasteiger charge is -2.11. The Bertz CT molecular complexity index is 723. The third-order valence-electron chi connectivity index (χ3n) is 3.49. The van der Waals surface area contributed by atoms with E-state index in [4.69, 9.17) is 4.74 Å². The molecule has 1 N–H and O–H groups in total. The number of carbonyl (C=O) groups excluding carboxylic acids is 2. The van der Waals surface area contributed by atoms with Crippen molar-refractivity contribution in [2.75, 3.05) is 19.0 Å². The molecule has 0 aliphatic heterocycles. The second-order valence-electron chi connectivity index (χ2n) is 5.35. The van der Waals surface area contributed by atoms with E-state index in [1.54, 1.807) is 24.3 Å². The molecule has 0 fully saturated rings. The van der Waals surface area contributed by atoms with Gasteiger partial charge < -0.3 is 14.8 Å². The summed E-state index contributed by atoms with van der Waals surface area (Å²) in [5.74, 6) is 0.118. The van der Waals surface area contributed by atoms with E-state index < -0.39 is 5.97 Å². The molecule has 0 heterocycles. The number of hydrogen-bond acceptors (Lipinski definition) is 4. The van der Waals surface area contributed by atoms with E-state index in [9.17, 15) is 9.59 Å². The summed E-state index contributed by atoms with van der Waals surface area (Å²) in [4.78, 5) is 23.7. The van der Waals surface area contributed by atoms with E-state index in [-0.39, 0.29) is 5.91 Å². The minimum Gasteiger partial charge on any atom is -0.494 e. The van der Waals surface area contributed by atoms with Crippen LogP contribution in [-0.2, 0) is 4.74 Å². The molecular formula is C19H21NO4. The van der Waals surface area contributed by atoms with Crippen LogP contribution in [0.1, 0.15) is 39.6 Å². The Balaban J connectivity index is 2.07. The molecule has 0 saturated heterocycles. The molecule has 0 saturated carbocycles. The average Bonchev–Trinajstić information content (AvgIpc) is 2.61. The van der Waals surface area contributed by atoms with E-state index in [0.29, 0.717) is 17.7 Å². The Kier molecular flexibility index (Phi) is 5.95. The Morgan fingerprint density at radius 3 is 2.29 bits per heavy atom. The fourth-order valence-corrected chi connectivity index (χ4v) is 2.16. The second kappa shape index (κ2) is 8.15. The Morgan fingerprint density at radius 1 is 1.04 bits per heavy atom. The van der Waals surface area contributed by atoms with Crippen molar-refractivity contribution in [1.82, 2.24) is 0 Å². The molecule has 126 valence electrons. The van der Waals surface area contributed by atoms with Crippen LogP contribution >= 0.6 is 0 Å². The van der Waals surface area contributed by atoms with Crippen LogP contribution in [0.25, 0.3) is 0 Å². The van der Waals surface area contributed by atoms with Crippen LogP contribution < -0.4 is 10.1 Å². The van der Waals surface area contributed by atoms with Crippen molar-refractivity contribution in [3.63, 3.8) is 0 Å². The van der Waals surface area contributed by atoms with Crippen molar-refractivity contribution >= 4 is 17.6 Å². The Morgan fingerprint density at radius 2 is 1.71 bits per heavy atom. The summed E-state index contributed by atoms with van der Waals surface area (Å²) >= 11 is 0. The average molecular weight is 327 g/mol. The van der Waals surface area contributed by atoms with Gasteiger partial charge in [0.25, 0.3) is 5.91 Å². The number of methoxy groups -OCH3 is 1. The first-order valence-electron chi connectivity index (χ1n) is 7.78. The number of nitrogens with one attached hydrogen (secondary N) is 1. The van der Waals surface area contributed by atoms with Crippen molar-refractivity contribution in [3.8, 4) is 5.75 Å². The highest BCUT2D eigenvalue weighted by Crippen LogP contribution is 2.22. The van der Waals surface area contributed by atoms with Crippen molar-refractivity contribution < 1.29 is 19.1 Å². The maximum absolute atomic E-state index is 12.3. The minimum atomic E-state index is -0.430. The van der Waals surface area contributed by atoms with Crippen LogP contribution in [0.4, 0.5) is 5.69 Å². The predicted molar refractivity (Wildman–Crippen MR) is 92.7 cm³/mol. The van der Waals surface area contributed by atoms with Gasteiger partial charge in [0.2, 0.25) is 0 Å². The summed E-state index contributed by atoms with van der Waals surface area (Å²) in [6.07, 6.45) is 0.944. The van der Waals surface area contributed by atoms with E-state index in [1.165, 1.54) is 7.11 Å². The van der Waals surface area contributed by atoms with Gasteiger partial charge in [-0.25, -0.2) is 4.79 Å². The first-order valence-corrected chi connectivity index (χ1v) is 7.78. The summed E-state index contributed by atoms with van der Waals surface area (Å²) in [6.45, 7) is 4.62. The summed E-state index contributed by atoms with van der Waals surface area (Å²) in [7, 11) is 1.32. The maximum atomic E-state index is 12.3. The SMILES string of the molecule is CCCOc1ccc(NC(=O)c2ccc(C(=O)OC)cc2)c(C)c1. The number of ether oxygens (including phenoxy) is 2. The van der Waals surface area contributed by atoms with Gasteiger partial charge in [0.05, 0.1) is 19.3 Å². The molecule has 0 aliphatic carbocycles. The van der Waals surface area contributed by atoms with Gasteiger partial charge in [-0.1, -0.05) is 6.92 Å². The molecule has 5 heteroatoms. The molecule has 2 aromatic carbocycles. The van der Waals surface area contributed by atoms with Crippen LogP contribution in [0.2, 0.25) is 0 Å². The second-order valence-corrected chi connectivity index (χ2v) is 5.35. The van der Waals surface area contributed by atoms with E-state index >= 15 is 0 Å². The molecule has 0 bridgehead atoms. The number of benzene rings is 2. The van der Waals surface area contributed by atoms with Gasteiger partial charge in [-0.05, 0) is 61.4 Å². The first-order chi connectivity index (χ1) is 11.5. The van der Waals surface area contributed by atoms with Crippen molar-refractivity contribution in [2.24, 2.45) is 0 Å². The van der Waals surface area contributed by atoms with Gasteiger partial charge in [0.1, 0.15) is 5.75 Å². The molecule has 0 aliphatic rings. The van der Waals surface area contributed by atoms with E-state index in [1.807, 2.05) is 32.0 Å². The van der Waals surface area contributed by atoms with E-state index in [2.05, 4.69) is 10.1 Å². The highest BCUT2D eigenvalue weighted by Gasteiger charge is 2.10. The summed E-state index contributed by atoms with van der Waals surface area (Å²) in [5, 5.41) is 2.86. The number of amides is 1. The third kappa shape index (κ3) is 4.35. The van der Waals surface area contributed by atoms with Crippen molar-refractivity contribution in [3.05, 3.63) is 59.2 Å². The Hall–Kier alpha value is -2.82. The lowest BCUT2D eigenvalue weighted by molar-refractivity contribution is 0.0600. The fourth-order valence-electron chi connectivity index (χ4n) is 2.16. The highest BCUT2D eigenvalue weighted by molar-refractivity contribution is 6.05. The highest BCUT2D eigenvalue weighted by atomic mass is 16.5. The zero-order valence-electron chi connectivity index (χ0n) is 14.1. The van der Waals surface area contributed by atoms with Gasteiger partial charge >= 0.3 is 5.97 Å². The number of carbonyl (C=O) groups is 2. The largest absolute Gasteiger partial charge is 0.494 e. The molecule has 0 atom stereocenters. The number of rotatable bonds is 6. The fraction of sp³-hybridized carbons (Fsp3) is 0.263. The normalized spacial score (nSPS) is 10.1. The number of hydrogen-bond donors (Lipinski definition) is 1. The number of aryl methyl sites for hydroxylation is 1. The van der Waals surface area contributed by atoms with Crippen molar-refractivity contribution in [1.29, 1.82) is 0 Å². The summed E-state index contributed by atoms with van der Waals surface area (Å²) in [5.41, 5.74) is 2.51. The predicted octanol–water partition coefficient (Wildman–Crippen LogP) is 3.82. The number of anilines is 1. The quantitative estimate of drug-likeness (QED) is 0.819. The lowest BCUT2D eigenvalue weighted by atomic mass is 10.1. The molecule has 2 rings (SSSR count). The van der Waals surface area contributed by atoms with Crippen LogP contribution in [0.15, 0.2) is 42.5 Å². The molecule has 1 amide bonds. The summed E-state index contributed by atoms with van der Waals surface area (Å²) < 4.78 is 10.2. The van der Waals surface area contributed by atoms with E-state index in [0.717, 1.165) is 23.4 Å². The maximum Gasteiger partial charge on any atom is 0.337 e. The lowest BCUT2D eigenvalue weighted by Crippen LogP contribution is -2.13. The third-order valence-corrected chi connectivity index (χ3v) is 3.49. The molecular weight excluding hydrogens is 306 g/mol. The van der Waals surface area contributed by atoms with Crippen molar-refractivity contribution in [2.45, 2.75) is 20.3 Å². The van der Waals surface area contributed by atoms with Crippen LogP contribution in [0.5, 0.6) is 5.75 Å². The van der Waals surface area contributed by atoms with Crippen LogP contribution in [-0.4, -0.2) is 25.6 Å². The van der Waals surface area contributed by atoms with Gasteiger partial charge in [-0.2, -0.15) is 0 Å². The number of esters is 1. The zero-order chi connectivity index (χ0) is 17.5. The Labute approximate surface area is 141 Å². The summed E-state index contributed by atoms with van der Waals surface area (Å²) in [6, 6.07) is 11.9. The minimum absolute atomic E-state index is 0.239. The standard InChI is InChI=1S/C19H21NO4/c1-4-11-24-16-9-10-17(13(2)12-16)20-18(21)14-5-7-15(8-6-14)19(22)23-3/h5-10,12H,4,11H2,1-3H3,(H,20,21). The molecule has 0 aromatic heterocycles.